The number of hydrogen-bond donors (Lipinski definition) is 0. The van der Waals surface area contributed by atoms with Crippen LogP contribution in [0.1, 0.15) is 5.56 Å². The molecule has 6 rings (SSSR count). The molecule has 0 saturated carbocycles. The number of hydrogen-bond acceptors (Lipinski definition) is 3. The Hall–Kier alpha value is -3.58. The quantitative estimate of drug-likeness (QED) is 0.116. The zero-order valence-corrected chi connectivity index (χ0v) is 18.0. The lowest BCUT2D eigenvalue weighted by Crippen LogP contribution is -2.28. The molecule has 0 atom stereocenters. The topological polar surface area (TPSA) is 43.4 Å². The zero-order valence-electron chi connectivity index (χ0n) is 17.2. The van der Waals surface area contributed by atoms with E-state index in [9.17, 15) is 21.6 Å². The highest BCUT2D eigenvalue weighted by Gasteiger charge is 2.48. The van der Waals surface area contributed by atoms with Crippen molar-refractivity contribution in [2.45, 2.75) is 12.4 Å². The molecule has 0 saturated heterocycles. The van der Waals surface area contributed by atoms with Gasteiger partial charge in [-0.2, -0.15) is 21.6 Å². The van der Waals surface area contributed by atoms with Crippen LogP contribution in [0.4, 0.5) is 13.2 Å². The van der Waals surface area contributed by atoms with Gasteiger partial charge < -0.3 is 4.18 Å². The first-order chi connectivity index (χ1) is 15.7. The van der Waals surface area contributed by atoms with Crippen LogP contribution in [0.2, 0.25) is 0 Å². The predicted octanol–water partition coefficient (Wildman–Crippen LogP) is 7.43. The molecule has 6 aromatic rings. The number of benzene rings is 6. The van der Waals surface area contributed by atoms with Crippen molar-refractivity contribution in [1.29, 1.82) is 0 Å². The van der Waals surface area contributed by atoms with E-state index in [1.165, 1.54) is 6.07 Å². The first kappa shape index (κ1) is 20.1. The fourth-order valence-electron chi connectivity index (χ4n) is 4.98. The lowest BCUT2D eigenvalue weighted by Gasteiger charge is -2.20. The summed E-state index contributed by atoms with van der Waals surface area (Å²) in [4.78, 5) is 0. The Kier molecular flexibility index (Phi) is 3.94. The number of rotatable bonds is 2. The summed E-state index contributed by atoms with van der Waals surface area (Å²) in [5, 5.41) is 8.09. The third-order valence-corrected chi connectivity index (χ3v) is 7.25. The van der Waals surface area contributed by atoms with E-state index in [0.29, 0.717) is 16.2 Å². The molecule has 7 heteroatoms. The number of aryl methyl sites for hydroxylation is 1. The summed E-state index contributed by atoms with van der Waals surface area (Å²) in [6, 6.07) is 22.1. The lowest BCUT2D eigenvalue weighted by atomic mass is 9.84. The normalized spacial score (nSPS) is 13.1. The number of fused-ring (bicyclic) bond motifs is 6. The van der Waals surface area contributed by atoms with Gasteiger partial charge >= 0.3 is 15.6 Å². The molecule has 0 amide bonds. The van der Waals surface area contributed by atoms with Crippen LogP contribution in [-0.2, 0) is 10.1 Å². The molecule has 0 bridgehead atoms. The second kappa shape index (κ2) is 6.48. The second-order valence-electron chi connectivity index (χ2n) is 8.12. The summed E-state index contributed by atoms with van der Waals surface area (Å²) in [7, 11) is -5.84. The Labute approximate surface area is 186 Å². The average molecular weight is 464 g/mol. The van der Waals surface area contributed by atoms with E-state index in [1.807, 2.05) is 55.5 Å². The van der Waals surface area contributed by atoms with Crippen molar-refractivity contribution in [3.63, 3.8) is 0 Å². The molecule has 33 heavy (non-hydrogen) atoms. The summed E-state index contributed by atoms with van der Waals surface area (Å²) in [5.41, 5.74) is -4.51. The zero-order chi connectivity index (χ0) is 23.1. The molecule has 0 spiro atoms. The first-order valence-corrected chi connectivity index (χ1v) is 11.6. The van der Waals surface area contributed by atoms with E-state index in [0.717, 1.165) is 43.3 Å². The van der Waals surface area contributed by atoms with Crippen molar-refractivity contribution in [2.75, 3.05) is 0 Å². The summed E-state index contributed by atoms with van der Waals surface area (Å²) in [6.07, 6.45) is 0. The largest absolute Gasteiger partial charge is 0.534 e. The highest BCUT2D eigenvalue weighted by Crippen LogP contribution is 2.48. The molecule has 6 aromatic carbocycles. The molecule has 3 nitrogen and oxygen atoms in total. The summed E-state index contributed by atoms with van der Waals surface area (Å²) in [5.74, 6) is -0.337. The van der Waals surface area contributed by atoms with Crippen LogP contribution in [0.3, 0.4) is 0 Å². The van der Waals surface area contributed by atoms with E-state index in [1.54, 1.807) is 18.2 Å². The highest BCUT2D eigenvalue weighted by atomic mass is 32.2. The van der Waals surface area contributed by atoms with Crippen LogP contribution >= 0.6 is 0 Å². The Morgan fingerprint density at radius 2 is 1.06 bits per heavy atom. The third kappa shape index (κ3) is 2.66. The average Bonchev–Trinajstić information content (AvgIpc) is 2.78. The Bertz CT molecular complexity index is 1860. The second-order valence-corrected chi connectivity index (χ2v) is 9.65. The summed E-state index contributed by atoms with van der Waals surface area (Å²) >= 11 is 0. The van der Waals surface area contributed by atoms with Crippen LogP contribution in [-0.4, -0.2) is 13.9 Å². The van der Waals surface area contributed by atoms with Gasteiger partial charge in [0.25, 0.3) is 0 Å². The fourth-order valence-corrected chi connectivity index (χ4v) is 5.45. The highest BCUT2D eigenvalue weighted by molar-refractivity contribution is 7.88. The van der Waals surface area contributed by atoms with Crippen LogP contribution < -0.4 is 4.18 Å². The molecule has 0 unspecified atom stereocenters. The monoisotopic (exact) mass is 464 g/mol. The van der Waals surface area contributed by atoms with Gasteiger partial charge in [0.1, 0.15) is 0 Å². The molecular formula is C26H15F3O3S. The van der Waals surface area contributed by atoms with Crippen molar-refractivity contribution in [2.24, 2.45) is 0 Å². The van der Waals surface area contributed by atoms with Gasteiger partial charge in [0.2, 0.25) is 0 Å². The van der Waals surface area contributed by atoms with E-state index in [4.69, 9.17) is 4.18 Å². The van der Waals surface area contributed by atoms with Gasteiger partial charge in [0, 0.05) is 10.8 Å². The Morgan fingerprint density at radius 1 is 0.606 bits per heavy atom. The standard InChI is InChI=1S/C26H15F3O3S/c1-14-10-11-19-16-7-3-5-9-18(16)23-21(32-33(30,31)26(27,28)29)13-12-20-15-6-2-4-8-17(15)22(14)24(19)25(20)23/h2-13H,1H3. The van der Waals surface area contributed by atoms with E-state index in [-0.39, 0.29) is 5.75 Å². The SMILES string of the molecule is Cc1ccc2c3ccccc3c3c(OS(=O)(=O)C(F)(F)F)ccc4c5ccccc5c1c2c43. The summed E-state index contributed by atoms with van der Waals surface area (Å²) in [6.45, 7) is 1.99. The van der Waals surface area contributed by atoms with Gasteiger partial charge in [0.05, 0.1) is 0 Å². The third-order valence-electron chi connectivity index (χ3n) is 6.29. The molecule has 0 aliphatic heterocycles. The predicted molar refractivity (Wildman–Crippen MR) is 125 cm³/mol. The molecule has 0 fully saturated rings. The van der Waals surface area contributed by atoms with Crippen molar-refractivity contribution < 1.29 is 25.8 Å². The van der Waals surface area contributed by atoms with Crippen LogP contribution in [0.25, 0.3) is 53.9 Å². The Morgan fingerprint density at radius 3 is 1.64 bits per heavy atom. The van der Waals surface area contributed by atoms with E-state index in [2.05, 4.69) is 0 Å². The molecule has 164 valence electrons. The molecule has 0 radical (unpaired) electrons. The van der Waals surface area contributed by atoms with Gasteiger partial charge in [-0.25, -0.2) is 0 Å². The summed E-state index contributed by atoms with van der Waals surface area (Å²) < 4.78 is 68.1. The van der Waals surface area contributed by atoms with Gasteiger partial charge in [-0.3, -0.25) is 0 Å². The minimum Gasteiger partial charge on any atom is -0.375 e. The minimum atomic E-state index is -5.84. The molecule has 0 N–H and O–H groups in total. The molecule has 0 aliphatic rings. The molecular weight excluding hydrogens is 449 g/mol. The van der Waals surface area contributed by atoms with Gasteiger partial charge in [-0.05, 0) is 67.7 Å². The van der Waals surface area contributed by atoms with Crippen LogP contribution in [0, 0.1) is 6.92 Å². The minimum absolute atomic E-state index is 0.337. The molecule has 0 aliphatic carbocycles. The smallest absolute Gasteiger partial charge is 0.375 e. The maximum absolute atomic E-state index is 13.2. The van der Waals surface area contributed by atoms with Crippen molar-refractivity contribution in [3.8, 4) is 5.75 Å². The van der Waals surface area contributed by atoms with Crippen molar-refractivity contribution >= 4 is 64.0 Å². The first-order valence-electron chi connectivity index (χ1n) is 10.2. The van der Waals surface area contributed by atoms with E-state index >= 15 is 0 Å². The fraction of sp³-hybridized carbons (Fsp3) is 0.0769. The van der Waals surface area contributed by atoms with E-state index < -0.39 is 15.6 Å². The Balaban J connectivity index is 1.93. The van der Waals surface area contributed by atoms with Crippen molar-refractivity contribution in [1.82, 2.24) is 0 Å². The van der Waals surface area contributed by atoms with Gasteiger partial charge in [0.15, 0.2) is 5.75 Å². The molecule has 0 aromatic heterocycles. The van der Waals surface area contributed by atoms with Gasteiger partial charge in [-0.15, -0.1) is 0 Å². The van der Waals surface area contributed by atoms with Crippen molar-refractivity contribution in [3.05, 3.63) is 78.4 Å². The van der Waals surface area contributed by atoms with Crippen LogP contribution in [0.5, 0.6) is 5.75 Å². The van der Waals surface area contributed by atoms with Gasteiger partial charge in [-0.1, -0.05) is 60.7 Å². The lowest BCUT2D eigenvalue weighted by molar-refractivity contribution is -0.0499. The number of alkyl halides is 3. The van der Waals surface area contributed by atoms with Crippen LogP contribution in [0.15, 0.2) is 72.8 Å². The molecule has 0 heterocycles. The number of halogens is 3. The maximum Gasteiger partial charge on any atom is 0.534 e. The maximum atomic E-state index is 13.2.